The van der Waals surface area contributed by atoms with Crippen LogP contribution in [0, 0.1) is 17.8 Å². The van der Waals surface area contributed by atoms with Crippen molar-refractivity contribution in [1.29, 1.82) is 0 Å². The maximum Gasteiger partial charge on any atom is 0.226 e. The topological polar surface area (TPSA) is 54.9 Å². The van der Waals surface area contributed by atoms with Crippen molar-refractivity contribution in [1.82, 2.24) is 10.2 Å². The third-order valence-electron chi connectivity index (χ3n) is 5.35. The zero-order chi connectivity index (χ0) is 14.8. The number of hydrogen-bond acceptors (Lipinski definition) is 4. The molecule has 2 aliphatic carbocycles. The summed E-state index contributed by atoms with van der Waals surface area (Å²) in [7, 11) is 0. The molecule has 2 aliphatic rings. The highest BCUT2D eigenvalue weighted by Crippen LogP contribution is 2.49. The molecule has 0 unspecified atom stereocenters. The Morgan fingerprint density at radius 3 is 2.71 bits per heavy atom. The molecule has 0 aromatic carbocycles. The molecule has 1 aromatic heterocycles. The molecule has 21 heavy (non-hydrogen) atoms. The van der Waals surface area contributed by atoms with Gasteiger partial charge in [0.1, 0.15) is 5.01 Å². The van der Waals surface area contributed by atoms with E-state index < -0.39 is 0 Å². The van der Waals surface area contributed by atoms with Gasteiger partial charge in [-0.05, 0) is 49.9 Å². The van der Waals surface area contributed by atoms with Crippen LogP contribution in [0.4, 0.5) is 5.13 Å². The highest BCUT2D eigenvalue weighted by Gasteiger charge is 2.40. The summed E-state index contributed by atoms with van der Waals surface area (Å²) in [5, 5.41) is 13.0. The second kappa shape index (κ2) is 6.42. The van der Waals surface area contributed by atoms with Gasteiger partial charge in [0.25, 0.3) is 0 Å². The van der Waals surface area contributed by atoms with E-state index in [1.807, 2.05) is 0 Å². The number of carbonyl (C=O) groups is 1. The van der Waals surface area contributed by atoms with Gasteiger partial charge in [-0.15, -0.1) is 10.2 Å². The molecule has 2 fully saturated rings. The minimum atomic E-state index is 0.125. The van der Waals surface area contributed by atoms with Gasteiger partial charge in [0.15, 0.2) is 0 Å². The number of anilines is 1. The molecule has 4 nitrogen and oxygen atoms in total. The third kappa shape index (κ3) is 3.28. The van der Waals surface area contributed by atoms with Crippen LogP contribution in [0.5, 0.6) is 0 Å². The molecule has 2 saturated carbocycles. The molecule has 1 amide bonds. The van der Waals surface area contributed by atoms with Crippen molar-refractivity contribution >= 4 is 22.4 Å². The van der Waals surface area contributed by atoms with Crippen LogP contribution in [-0.4, -0.2) is 16.1 Å². The van der Waals surface area contributed by atoms with Gasteiger partial charge in [-0.3, -0.25) is 4.79 Å². The van der Waals surface area contributed by atoms with E-state index in [1.54, 1.807) is 0 Å². The molecule has 3 rings (SSSR count). The Balaban J connectivity index is 1.53. The van der Waals surface area contributed by atoms with Crippen LogP contribution < -0.4 is 5.32 Å². The molecule has 0 saturated heterocycles. The number of carbonyl (C=O) groups excluding carboxylic acids is 1. The molecule has 0 aliphatic heterocycles. The Morgan fingerprint density at radius 1 is 1.29 bits per heavy atom. The van der Waals surface area contributed by atoms with E-state index in [4.69, 9.17) is 0 Å². The molecular formula is C16H25N3OS. The smallest absolute Gasteiger partial charge is 0.226 e. The Bertz CT molecular complexity index is 497. The summed E-state index contributed by atoms with van der Waals surface area (Å²) in [5.41, 5.74) is 0. The first-order valence-corrected chi connectivity index (χ1v) is 9.14. The van der Waals surface area contributed by atoms with Gasteiger partial charge in [0.2, 0.25) is 11.0 Å². The van der Waals surface area contributed by atoms with Crippen LogP contribution in [0.3, 0.4) is 0 Å². The van der Waals surface area contributed by atoms with Crippen LogP contribution in [-0.2, 0) is 4.79 Å². The zero-order valence-corrected chi connectivity index (χ0v) is 13.8. The molecule has 1 heterocycles. The van der Waals surface area contributed by atoms with Gasteiger partial charge >= 0.3 is 0 Å². The van der Waals surface area contributed by atoms with Gasteiger partial charge < -0.3 is 5.32 Å². The fraction of sp³-hybridized carbons (Fsp3) is 0.812. The minimum absolute atomic E-state index is 0.125. The Labute approximate surface area is 130 Å². The summed E-state index contributed by atoms with van der Waals surface area (Å²) >= 11 is 1.54. The normalized spacial score (nSPS) is 27.5. The summed E-state index contributed by atoms with van der Waals surface area (Å²) < 4.78 is 0. The van der Waals surface area contributed by atoms with E-state index in [2.05, 4.69) is 29.4 Å². The largest absolute Gasteiger partial charge is 0.301 e. The van der Waals surface area contributed by atoms with E-state index in [1.165, 1.54) is 37.0 Å². The van der Waals surface area contributed by atoms with Crippen LogP contribution in [0.25, 0.3) is 0 Å². The molecule has 5 heteroatoms. The van der Waals surface area contributed by atoms with E-state index in [-0.39, 0.29) is 5.91 Å². The Morgan fingerprint density at radius 2 is 2.10 bits per heavy atom. The Hall–Kier alpha value is -0.970. The number of hydrogen-bond donors (Lipinski definition) is 1. The number of nitrogens with zero attached hydrogens (tertiary/aromatic N) is 2. The van der Waals surface area contributed by atoms with E-state index >= 15 is 0 Å². The average molecular weight is 307 g/mol. The average Bonchev–Trinajstić information content (AvgIpc) is 3.17. The monoisotopic (exact) mass is 307 g/mol. The lowest BCUT2D eigenvalue weighted by atomic mass is 9.86. The lowest BCUT2D eigenvalue weighted by molar-refractivity contribution is -0.117. The highest BCUT2D eigenvalue weighted by atomic mass is 32.1. The van der Waals surface area contributed by atoms with Crippen LogP contribution in [0.2, 0.25) is 0 Å². The number of amides is 1. The van der Waals surface area contributed by atoms with Gasteiger partial charge in [0.05, 0.1) is 0 Å². The zero-order valence-electron chi connectivity index (χ0n) is 13.0. The van der Waals surface area contributed by atoms with Crippen molar-refractivity contribution in [3.05, 3.63) is 5.01 Å². The van der Waals surface area contributed by atoms with Crippen molar-refractivity contribution in [2.24, 2.45) is 17.8 Å². The van der Waals surface area contributed by atoms with Crippen LogP contribution in [0.1, 0.15) is 69.7 Å². The molecule has 2 bridgehead atoms. The van der Waals surface area contributed by atoms with Gasteiger partial charge in [-0.25, -0.2) is 0 Å². The lowest BCUT2D eigenvalue weighted by Gasteiger charge is -2.20. The summed E-state index contributed by atoms with van der Waals surface area (Å²) in [6, 6.07) is 0. The van der Waals surface area contributed by atoms with Crippen molar-refractivity contribution in [3.8, 4) is 0 Å². The van der Waals surface area contributed by atoms with Gasteiger partial charge in [-0.1, -0.05) is 31.6 Å². The third-order valence-corrected chi connectivity index (χ3v) is 6.36. The SMILES string of the molecule is CCC(CC)c1nnc(NC(=O)C[C@H]2C[C@H]3CC[C@H]2C3)s1. The maximum atomic E-state index is 12.2. The fourth-order valence-corrected chi connectivity index (χ4v) is 5.15. The van der Waals surface area contributed by atoms with Crippen molar-refractivity contribution in [2.45, 2.75) is 64.7 Å². The summed E-state index contributed by atoms with van der Waals surface area (Å²) in [5.74, 6) is 2.90. The molecule has 3 atom stereocenters. The second-order valence-electron chi connectivity index (χ2n) is 6.65. The Kier molecular flexibility index (Phi) is 4.57. The first-order valence-electron chi connectivity index (χ1n) is 8.32. The summed E-state index contributed by atoms with van der Waals surface area (Å²) in [6.45, 7) is 4.34. The molecule has 1 aromatic rings. The van der Waals surface area contributed by atoms with Crippen molar-refractivity contribution in [3.63, 3.8) is 0 Å². The van der Waals surface area contributed by atoms with Gasteiger partial charge in [-0.2, -0.15) is 0 Å². The van der Waals surface area contributed by atoms with Crippen molar-refractivity contribution < 1.29 is 4.79 Å². The number of fused-ring (bicyclic) bond motifs is 2. The number of aromatic nitrogens is 2. The summed E-state index contributed by atoms with van der Waals surface area (Å²) in [4.78, 5) is 12.2. The standard InChI is InChI=1S/C16H25N3OS/c1-3-11(4-2)15-18-19-16(21-15)17-14(20)9-13-8-10-5-6-12(13)7-10/h10-13H,3-9H2,1-2H3,(H,17,19,20)/t10-,12-,13+/m0/s1. The van der Waals surface area contributed by atoms with E-state index in [9.17, 15) is 4.79 Å². The van der Waals surface area contributed by atoms with Crippen LogP contribution >= 0.6 is 11.3 Å². The summed E-state index contributed by atoms with van der Waals surface area (Å²) in [6.07, 6.45) is 8.15. The highest BCUT2D eigenvalue weighted by molar-refractivity contribution is 7.15. The first kappa shape index (κ1) is 14.9. The predicted molar refractivity (Wildman–Crippen MR) is 85.4 cm³/mol. The number of rotatable bonds is 6. The molecule has 116 valence electrons. The quantitative estimate of drug-likeness (QED) is 0.856. The maximum absolute atomic E-state index is 12.2. The lowest BCUT2D eigenvalue weighted by Crippen LogP contribution is -2.20. The first-order chi connectivity index (χ1) is 10.2. The van der Waals surface area contributed by atoms with Crippen LogP contribution in [0.15, 0.2) is 0 Å². The molecule has 0 radical (unpaired) electrons. The molecule has 1 N–H and O–H groups in total. The van der Waals surface area contributed by atoms with E-state index in [0.717, 1.165) is 29.7 Å². The number of nitrogens with one attached hydrogen (secondary N) is 1. The van der Waals surface area contributed by atoms with Gasteiger partial charge in [0, 0.05) is 12.3 Å². The van der Waals surface area contributed by atoms with E-state index in [0.29, 0.717) is 23.4 Å². The van der Waals surface area contributed by atoms with Crippen molar-refractivity contribution in [2.75, 3.05) is 5.32 Å². The minimum Gasteiger partial charge on any atom is -0.301 e. The molecular weight excluding hydrogens is 282 g/mol. The molecule has 0 spiro atoms. The second-order valence-corrected chi connectivity index (χ2v) is 7.66. The fourth-order valence-electron chi connectivity index (χ4n) is 4.12. The predicted octanol–water partition coefficient (Wildman–Crippen LogP) is 4.21.